The molecule has 0 saturated carbocycles. The molecule has 2 aromatic heterocycles. The minimum atomic E-state index is 0.173. The van der Waals surface area contributed by atoms with Gasteiger partial charge < -0.3 is 5.32 Å². The first kappa shape index (κ1) is 12.8. The standard InChI is InChI=1S/C14H20N4/c1-4-7-16-14(12-6-5-8-15-9-12)13-10-18(3)17-11(13)2/h5-6,8-10,14,16H,4,7H2,1-3H3. The summed E-state index contributed by atoms with van der Waals surface area (Å²) in [6.07, 6.45) is 6.90. The first-order valence-corrected chi connectivity index (χ1v) is 6.35. The van der Waals surface area contributed by atoms with E-state index in [1.807, 2.05) is 30.9 Å². The fourth-order valence-corrected chi connectivity index (χ4v) is 2.14. The van der Waals surface area contributed by atoms with Crippen molar-refractivity contribution < 1.29 is 0 Å². The SMILES string of the molecule is CCCNC(c1cccnc1)c1cn(C)nc1C. The van der Waals surface area contributed by atoms with E-state index in [2.05, 4.69) is 34.6 Å². The molecule has 0 aliphatic heterocycles. The van der Waals surface area contributed by atoms with Crippen LogP contribution < -0.4 is 5.32 Å². The molecule has 4 nitrogen and oxygen atoms in total. The first-order chi connectivity index (χ1) is 8.72. The summed E-state index contributed by atoms with van der Waals surface area (Å²) in [6, 6.07) is 4.25. The van der Waals surface area contributed by atoms with Crippen LogP contribution in [0.3, 0.4) is 0 Å². The highest BCUT2D eigenvalue weighted by molar-refractivity contribution is 5.31. The molecule has 1 N–H and O–H groups in total. The van der Waals surface area contributed by atoms with E-state index in [1.165, 1.54) is 11.1 Å². The van der Waals surface area contributed by atoms with Gasteiger partial charge in [-0.05, 0) is 31.5 Å². The zero-order valence-corrected chi connectivity index (χ0v) is 11.2. The van der Waals surface area contributed by atoms with E-state index < -0.39 is 0 Å². The van der Waals surface area contributed by atoms with Crippen molar-refractivity contribution in [3.05, 3.63) is 47.5 Å². The molecular weight excluding hydrogens is 224 g/mol. The second-order valence-electron chi connectivity index (χ2n) is 4.52. The maximum Gasteiger partial charge on any atom is 0.0644 e. The van der Waals surface area contributed by atoms with E-state index in [0.29, 0.717) is 0 Å². The van der Waals surface area contributed by atoms with Crippen LogP contribution in [0.2, 0.25) is 0 Å². The van der Waals surface area contributed by atoms with Crippen molar-refractivity contribution >= 4 is 0 Å². The van der Waals surface area contributed by atoms with Crippen molar-refractivity contribution in [3.8, 4) is 0 Å². The van der Waals surface area contributed by atoms with E-state index >= 15 is 0 Å². The second-order valence-corrected chi connectivity index (χ2v) is 4.52. The monoisotopic (exact) mass is 244 g/mol. The molecule has 0 spiro atoms. The van der Waals surface area contributed by atoms with Crippen LogP contribution in [0.15, 0.2) is 30.7 Å². The maximum absolute atomic E-state index is 4.42. The van der Waals surface area contributed by atoms with Gasteiger partial charge in [-0.2, -0.15) is 5.10 Å². The fraction of sp³-hybridized carbons (Fsp3) is 0.429. The molecule has 18 heavy (non-hydrogen) atoms. The minimum absolute atomic E-state index is 0.173. The fourth-order valence-electron chi connectivity index (χ4n) is 2.14. The van der Waals surface area contributed by atoms with Gasteiger partial charge in [0.05, 0.1) is 11.7 Å². The molecule has 4 heteroatoms. The van der Waals surface area contributed by atoms with Crippen LogP contribution in [0.4, 0.5) is 0 Å². The predicted molar refractivity (Wildman–Crippen MR) is 72.3 cm³/mol. The highest BCUT2D eigenvalue weighted by Crippen LogP contribution is 2.23. The minimum Gasteiger partial charge on any atom is -0.306 e. The molecule has 1 unspecified atom stereocenters. The molecule has 96 valence electrons. The highest BCUT2D eigenvalue weighted by Gasteiger charge is 2.17. The molecule has 0 amide bonds. The van der Waals surface area contributed by atoms with Gasteiger partial charge in [-0.15, -0.1) is 0 Å². The largest absolute Gasteiger partial charge is 0.306 e. The molecule has 1 atom stereocenters. The summed E-state index contributed by atoms with van der Waals surface area (Å²) >= 11 is 0. The Labute approximate surface area is 108 Å². The Hall–Kier alpha value is -1.68. The number of hydrogen-bond acceptors (Lipinski definition) is 3. The van der Waals surface area contributed by atoms with Crippen molar-refractivity contribution in [2.45, 2.75) is 26.3 Å². The van der Waals surface area contributed by atoms with Crippen LogP contribution in [-0.4, -0.2) is 21.3 Å². The average Bonchev–Trinajstić information content (AvgIpc) is 2.70. The van der Waals surface area contributed by atoms with Crippen molar-refractivity contribution in [2.75, 3.05) is 6.54 Å². The van der Waals surface area contributed by atoms with Crippen molar-refractivity contribution in [1.29, 1.82) is 0 Å². The number of nitrogens with one attached hydrogen (secondary N) is 1. The van der Waals surface area contributed by atoms with Gasteiger partial charge in [0.25, 0.3) is 0 Å². The molecule has 0 fully saturated rings. The Bertz CT molecular complexity index is 490. The smallest absolute Gasteiger partial charge is 0.0644 e. The molecule has 0 aromatic carbocycles. The maximum atomic E-state index is 4.42. The lowest BCUT2D eigenvalue weighted by Gasteiger charge is -2.18. The molecule has 0 radical (unpaired) electrons. The number of nitrogens with zero attached hydrogens (tertiary/aromatic N) is 3. The highest BCUT2D eigenvalue weighted by atomic mass is 15.3. The van der Waals surface area contributed by atoms with E-state index in [-0.39, 0.29) is 6.04 Å². The molecule has 2 aromatic rings. The van der Waals surface area contributed by atoms with Gasteiger partial charge in [0, 0.05) is 31.2 Å². The van der Waals surface area contributed by atoms with Gasteiger partial charge in [-0.3, -0.25) is 9.67 Å². The Kier molecular flexibility index (Phi) is 4.10. The number of aryl methyl sites for hydroxylation is 2. The summed E-state index contributed by atoms with van der Waals surface area (Å²) in [5.41, 5.74) is 3.47. The topological polar surface area (TPSA) is 42.7 Å². The Morgan fingerprint density at radius 1 is 1.44 bits per heavy atom. The zero-order valence-electron chi connectivity index (χ0n) is 11.2. The summed E-state index contributed by atoms with van der Waals surface area (Å²) in [5.74, 6) is 0. The van der Waals surface area contributed by atoms with Crippen molar-refractivity contribution in [3.63, 3.8) is 0 Å². The number of rotatable bonds is 5. The molecule has 2 rings (SSSR count). The van der Waals surface area contributed by atoms with Crippen LogP contribution >= 0.6 is 0 Å². The zero-order chi connectivity index (χ0) is 13.0. The van der Waals surface area contributed by atoms with E-state index in [1.54, 1.807) is 6.20 Å². The Morgan fingerprint density at radius 3 is 2.83 bits per heavy atom. The van der Waals surface area contributed by atoms with E-state index in [0.717, 1.165) is 18.7 Å². The third kappa shape index (κ3) is 2.76. The third-order valence-corrected chi connectivity index (χ3v) is 2.98. The van der Waals surface area contributed by atoms with Gasteiger partial charge in [-0.1, -0.05) is 13.0 Å². The van der Waals surface area contributed by atoms with Gasteiger partial charge in [0.2, 0.25) is 0 Å². The number of aromatic nitrogens is 3. The molecule has 2 heterocycles. The molecular formula is C14H20N4. The van der Waals surface area contributed by atoms with Crippen LogP contribution in [0.1, 0.15) is 36.2 Å². The van der Waals surface area contributed by atoms with E-state index in [4.69, 9.17) is 0 Å². The summed E-state index contributed by atoms with van der Waals surface area (Å²) in [5, 5.41) is 7.98. The van der Waals surface area contributed by atoms with E-state index in [9.17, 15) is 0 Å². The quantitative estimate of drug-likeness (QED) is 0.877. The van der Waals surface area contributed by atoms with Gasteiger partial charge in [0.15, 0.2) is 0 Å². The number of pyridine rings is 1. The average molecular weight is 244 g/mol. The van der Waals surface area contributed by atoms with Crippen LogP contribution in [0.5, 0.6) is 0 Å². The summed E-state index contributed by atoms with van der Waals surface area (Å²) < 4.78 is 1.86. The lowest BCUT2D eigenvalue weighted by Crippen LogP contribution is -2.23. The molecule has 0 bridgehead atoms. The normalized spacial score (nSPS) is 12.6. The third-order valence-electron chi connectivity index (χ3n) is 2.98. The molecule has 0 aliphatic rings. The van der Waals surface area contributed by atoms with Gasteiger partial charge in [0.1, 0.15) is 0 Å². The first-order valence-electron chi connectivity index (χ1n) is 6.35. The summed E-state index contributed by atoms with van der Waals surface area (Å²) in [6.45, 7) is 5.20. The second kappa shape index (κ2) is 5.78. The Balaban J connectivity index is 2.34. The van der Waals surface area contributed by atoms with Crippen molar-refractivity contribution in [1.82, 2.24) is 20.1 Å². The van der Waals surface area contributed by atoms with Gasteiger partial charge >= 0.3 is 0 Å². The van der Waals surface area contributed by atoms with Crippen LogP contribution in [0.25, 0.3) is 0 Å². The van der Waals surface area contributed by atoms with Crippen LogP contribution in [0, 0.1) is 6.92 Å². The summed E-state index contributed by atoms with van der Waals surface area (Å²) in [7, 11) is 1.95. The molecule has 0 saturated heterocycles. The van der Waals surface area contributed by atoms with Gasteiger partial charge in [-0.25, -0.2) is 0 Å². The van der Waals surface area contributed by atoms with Crippen molar-refractivity contribution in [2.24, 2.45) is 7.05 Å². The number of hydrogen-bond donors (Lipinski definition) is 1. The molecule has 0 aliphatic carbocycles. The lowest BCUT2D eigenvalue weighted by atomic mass is 10.0. The summed E-state index contributed by atoms with van der Waals surface area (Å²) in [4.78, 5) is 4.21. The predicted octanol–water partition coefficient (Wildman–Crippen LogP) is 2.21. The lowest BCUT2D eigenvalue weighted by molar-refractivity contribution is 0.594. The Morgan fingerprint density at radius 2 is 2.28 bits per heavy atom. The van der Waals surface area contributed by atoms with Crippen LogP contribution in [-0.2, 0) is 7.05 Å².